The van der Waals surface area contributed by atoms with Gasteiger partial charge in [-0.3, -0.25) is 9.59 Å². The molecule has 29 heavy (non-hydrogen) atoms. The molecule has 0 spiro atoms. The standard InChI is InChI=1S/C22H30Cl2N2O3/c1-29-21-18(24)9-8-17(23)20(21)22(28)26-13-11-16(12-14-26)25-19(27)10-7-15-5-3-2-4-6-15/h8-9,15-16H,2-7,10-14H2,1H3,(H,25,27). The van der Waals surface area contributed by atoms with Crippen LogP contribution >= 0.6 is 23.2 Å². The molecular weight excluding hydrogens is 411 g/mol. The van der Waals surface area contributed by atoms with Crippen molar-refractivity contribution in [1.82, 2.24) is 10.2 Å². The van der Waals surface area contributed by atoms with Gasteiger partial charge >= 0.3 is 0 Å². The van der Waals surface area contributed by atoms with Gasteiger partial charge in [-0.15, -0.1) is 0 Å². The van der Waals surface area contributed by atoms with Gasteiger partial charge in [0.25, 0.3) is 5.91 Å². The molecule has 1 aliphatic carbocycles. The zero-order valence-electron chi connectivity index (χ0n) is 17.0. The van der Waals surface area contributed by atoms with Gasteiger partial charge in [0, 0.05) is 25.6 Å². The van der Waals surface area contributed by atoms with E-state index in [0.717, 1.165) is 19.3 Å². The average Bonchev–Trinajstić information content (AvgIpc) is 2.74. The maximum Gasteiger partial charge on any atom is 0.259 e. The molecule has 1 aromatic carbocycles. The van der Waals surface area contributed by atoms with Crippen molar-refractivity contribution < 1.29 is 14.3 Å². The maximum absolute atomic E-state index is 13.0. The number of nitrogens with one attached hydrogen (secondary N) is 1. The van der Waals surface area contributed by atoms with Crippen molar-refractivity contribution in [3.8, 4) is 5.75 Å². The lowest BCUT2D eigenvalue weighted by Gasteiger charge is -2.33. The Morgan fingerprint density at radius 3 is 2.38 bits per heavy atom. The van der Waals surface area contributed by atoms with Gasteiger partial charge < -0.3 is 15.0 Å². The molecule has 1 aromatic rings. The van der Waals surface area contributed by atoms with Crippen LogP contribution in [-0.2, 0) is 4.79 Å². The summed E-state index contributed by atoms with van der Waals surface area (Å²) in [6.45, 7) is 1.14. The van der Waals surface area contributed by atoms with Crippen LogP contribution in [0, 0.1) is 5.92 Å². The van der Waals surface area contributed by atoms with Crippen LogP contribution in [0.5, 0.6) is 5.75 Å². The predicted molar refractivity (Wildman–Crippen MR) is 116 cm³/mol. The number of hydrogen-bond donors (Lipinski definition) is 1. The fraction of sp³-hybridized carbons (Fsp3) is 0.636. The molecule has 0 radical (unpaired) electrons. The molecule has 1 aliphatic heterocycles. The van der Waals surface area contributed by atoms with Crippen molar-refractivity contribution in [2.45, 2.75) is 63.8 Å². The Balaban J connectivity index is 1.48. The van der Waals surface area contributed by atoms with Crippen molar-refractivity contribution in [2.24, 2.45) is 5.92 Å². The zero-order chi connectivity index (χ0) is 20.8. The number of rotatable bonds is 6. The van der Waals surface area contributed by atoms with Crippen LogP contribution < -0.4 is 10.1 Å². The Morgan fingerprint density at radius 1 is 1.07 bits per heavy atom. The number of hydrogen-bond acceptors (Lipinski definition) is 3. The summed E-state index contributed by atoms with van der Waals surface area (Å²) in [5.74, 6) is 0.977. The van der Waals surface area contributed by atoms with Gasteiger partial charge in [0.05, 0.1) is 17.2 Å². The summed E-state index contributed by atoms with van der Waals surface area (Å²) in [5.41, 5.74) is 0.302. The van der Waals surface area contributed by atoms with E-state index in [1.54, 1.807) is 17.0 Å². The number of carbonyl (C=O) groups excluding carboxylic acids is 2. The molecule has 7 heteroatoms. The minimum atomic E-state index is -0.184. The third-order valence-corrected chi connectivity index (χ3v) is 6.74. The summed E-state index contributed by atoms with van der Waals surface area (Å²) in [4.78, 5) is 27.0. The van der Waals surface area contributed by atoms with Crippen LogP contribution in [0.15, 0.2) is 12.1 Å². The third-order valence-electron chi connectivity index (χ3n) is 6.13. The molecule has 0 unspecified atom stereocenters. The van der Waals surface area contributed by atoms with Gasteiger partial charge in [-0.05, 0) is 37.3 Å². The molecule has 160 valence electrons. The van der Waals surface area contributed by atoms with Crippen LogP contribution in [0.2, 0.25) is 10.0 Å². The van der Waals surface area contributed by atoms with E-state index >= 15 is 0 Å². The molecule has 2 aliphatic rings. The highest BCUT2D eigenvalue weighted by Crippen LogP contribution is 2.35. The van der Waals surface area contributed by atoms with Gasteiger partial charge in [-0.1, -0.05) is 55.3 Å². The van der Waals surface area contributed by atoms with Crippen molar-refractivity contribution in [3.05, 3.63) is 27.7 Å². The van der Waals surface area contributed by atoms with E-state index in [4.69, 9.17) is 27.9 Å². The molecule has 1 saturated heterocycles. The van der Waals surface area contributed by atoms with Crippen LogP contribution in [0.25, 0.3) is 0 Å². The molecule has 1 N–H and O–H groups in total. The van der Waals surface area contributed by atoms with Gasteiger partial charge in [0.1, 0.15) is 5.56 Å². The molecule has 0 atom stereocenters. The summed E-state index contributed by atoms with van der Waals surface area (Å²) in [7, 11) is 1.48. The summed E-state index contributed by atoms with van der Waals surface area (Å²) in [5, 5.41) is 3.84. The fourth-order valence-electron chi connectivity index (χ4n) is 4.43. The monoisotopic (exact) mass is 440 g/mol. The topological polar surface area (TPSA) is 58.6 Å². The second-order valence-corrected chi connectivity index (χ2v) is 8.93. The van der Waals surface area contributed by atoms with Crippen LogP contribution in [-0.4, -0.2) is 43.0 Å². The summed E-state index contributed by atoms with van der Waals surface area (Å²) >= 11 is 12.4. The molecule has 2 fully saturated rings. The predicted octanol–water partition coefficient (Wildman–Crippen LogP) is 5.08. The Kier molecular flexibility index (Phi) is 8.07. The molecule has 1 saturated carbocycles. The molecule has 1 heterocycles. The Labute approximate surface area is 183 Å². The highest BCUT2D eigenvalue weighted by molar-refractivity contribution is 6.37. The van der Waals surface area contributed by atoms with Gasteiger partial charge in [0.15, 0.2) is 5.75 Å². The summed E-state index contributed by atoms with van der Waals surface area (Å²) < 4.78 is 5.30. The van der Waals surface area contributed by atoms with Gasteiger partial charge in [0.2, 0.25) is 5.91 Å². The van der Waals surface area contributed by atoms with E-state index in [0.29, 0.717) is 46.8 Å². The van der Waals surface area contributed by atoms with Crippen molar-refractivity contribution in [2.75, 3.05) is 20.2 Å². The van der Waals surface area contributed by atoms with E-state index in [1.807, 2.05) is 0 Å². The number of methoxy groups -OCH3 is 1. The lowest BCUT2D eigenvalue weighted by molar-refractivity contribution is -0.122. The number of halogens is 2. The first kappa shape index (κ1) is 22.2. The molecule has 5 nitrogen and oxygen atoms in total. The average molecular weight is 441 g/mol. The minimum Gasteiger partial charge on any atom is -0.494 e. The zero-order valence-corrected chi connectivity index (χ0v) is 18.5. The van der Waals surface area contributed by atoms with Crippen molar-refractivity contribution in [1.29, 1.82) is 0 Å². The Morgan fingerprint density at radius 2 is 1.72 bits per heavy atom. The van der Waals surface area contributed by atoms with Crippen LogP contribution in [0.4, 0.5) is 0 Å². The Bertz CT molecular complexity index is 727. The molecule has 3 rings (SSSR count). The van der Waals surface area contributed by atoms with Gasteiger partial charge in [-0.2, -0.15) is 0 Å². The van der Waals surface area contributed by atoms with Crippen molar-refractivity contribution in [3.63, 3.8) is 0 Å². The molecule has 0 bridgehead atoms. The lowest BCUT2D eigenvalue weighted by atomic mass is 9.86. The summed E-state index contributed by atoms with van der Waals surface area (Å²) in [6, 6.07) is 3.35. The van der Waals surface area contributed by atoms with Gasteiger partial charge in [-0.25, -0.2) is 0 Å². The quantitative estimate of drug-likeness (QED) is 0.670. The normalized spacial score (nSPS) is 18.5. The van der Waals surface area contributed by atoms with Crippen LogP contribution in [0.3, 0.4) is 0 Å². The first-order valence-electron chi connectivity index (χ1n) is 10.6. The lowest BCUT2D eigenvalue weighted by Crippen LogP contribution is -2.46. The van der Waals surface area contributed by atoms with E-state index in [-0.39, 0.29) is 17.9 Å². The highest BCUT2D eigenvalue weighted by atomic mass is 35.5. The van der Waals surface area contributed by atoms with E-state index < -0.39 is 0 Å². The minimum absolute atomic E-state index is 0.120. The van der Waals surface area contributed by atoms with Crippen molar-refractivity contribution >= 4 is 35.0 Å². The second-order valence-electron chi connectivity index (χ2n) is 8.11. The smallest absolute Gasteiger partial charge is 0.259 e. The Hall–Kier alpha value is -1.46. The number of amides is 2. The van der Waals surface area contributed by atoms with E-state index in [9.17, 15) is 9.59 Å². The third kappa shape index (κ3) is 5.79. The maximum atomic E-state index is 13.0. The summed E-state index contributed by atoms with van der Waals surface area (Å²) in [6.07, 6.45) is 9.57. The number of ether oxygens (including phenoxy) is 1. The number of likely N-dealkylation sites (tertiary alicyclic amines) is 1. The molecular formula is C22H30Cl2N2O3. The largest absolute Gasteiger partial charge is 0.494 e. The molecule has 2 amide bonds. The molecule has 0 aromatic heterocycles. The van der Waals surface area contributed by atoms with E-state index in [2.05, 4.69) is 5.32 Å². The number of carbonyl (C=O) groups is 2. The first-order valence-corrected chi connectivity index (χ1v) is 11.4. The second kappa shape index (κ2) is 10.5. The SMILES string of the molecule is COc1c(Cl)ccc(Cl)c1C(=O)N1CCC(NC(=O)CCC2CCCCC2)CC1. The number of benzene rings is 1. The van der Waals surface area contributed by atoms with E-state index in [1.165, 1.54) is 39.2 Å². The number of piperidine rings is 1. The number of nitrogens with zero attached hydrogens (tertiary/aromatic N) is 1. The first-order chi connectivity index (χ1) is 14.0. The fourth-order valence-corrected chi connectivity index (χ4v) is 4.89. The highest BCUT2D eigenvalue weighted by Gasteiger charge is 2.28. The van der Waals surface area contributed by atoms with Crippen LogP contribution in [0.1, 0.15) is 68.1 Å².